The molecule has 1 atom stereocenters. The molecule has 0 radical (unpaired) electrons. The largest absolute Gasteiger partial charge is 0.294 e. The Morgan fingerprint density at radius 1 is 1.00 bits per heavy atom. The van der Waals surface area contributed by atoms with E-state index in [9.17, 15) is 8.42 Å². The zero-order valence-corrected chi connectivity index (χ0v) is 15.7. The minimum atomic E-state index is -4.13. The van der Waals surface area contributed by atoms with E-state index in [1.54, 1.807) is 0 Å². The molecule has 0 fully saturated rings. The van der Waals surface area contributed by atoms with Crippen LogP contribution in [0.2, 0.25) is 0 Å². The smallest absolute Gasteiger partial charge is 0.282 e. The van der Waals surface area contributed by atoms with Crippen molar-refractivity contribution in [1.82, 2.24) is 0 Å². The molecule has 1 aromatic rings. The summed E-state index contributed by atoms with van der Waals surface area (Å²) in [6, 6.07) is 6.64. The Kier molecular flexibility index (Phi) is 5.51. The summed E-state index contributed by atoms with van der Waals surface area (Å²) in [5.41, 5.74) is 1.39. The van der Waals surface area contributed by atoms with Gasteiger partial charge in [0, 0.05) is 0 Å². The zero-order valence-electron chi connectivity index (χ0n) is 14.8. The van der Waals surface area contributed by atoms with Gasteiger partial charge in [-0.3, -0.25) is 4.55 Å². The molecule has 126 valence electrons. The summed E-state index contributed by atoms with van der Waals surface area (Å²) >= 11 is 0. The van der Waals surface area contributed by atoms with Crippen LogP contribution in [-0.4, -0.2) is 13.0 Å². The average molecular weight is 327 g/mol. The van der Waals surface area contributed by atoms with E-state index in [4.69, 9.17) is 4.55 Å². The Bertz CT molecular complexity index is 590. The summed E-state index contributed by atoms with van der Waals surface area (Å²) in [6.45, 7) is 15.7. The first-order valence-electron chi connectivity index (χ1n) is 7.82. The van der Waals surface area contributed by atoms with Crippen LogP contribution in [0.15, 0.2) is 29.2 Å². The molecule has 0 aromatic heterocycles. The van der Waals surface area contributed by atoms with Crippen LogP contribution in [0, 0.1) is 16.7 Å². The van der Waals surface area contributed by atoms with E-state index in [1.165, 1.54) is 12.1 Å². The predicted molar refractivity (Wildman–Crippen MR) is 91.7 cm³/mol. The lowest BCUT2D eigenvalue weighted by atomic mass is 9.65. The van der Waals surface area contributed by atoms with Gasteiger partial charge in [0.2, 0.25) is 0 Å². The van der Waals surface area contributed by atoms with Gasteiger partial charge in [-0.15, -0.1) is 0 Å². The molecular formula is C18H30O3S. The Balaban J connectivity index is 3.19. The van der Waals surface area contributed by atoms with E-state index in [0.29, 0.717) is 11.8 Å². The average Bonchev–Trinajstić information content (AvgIpc) is 2.33. The van der Waals surface area contributed by atoms with Gasteiger partial charge in [-0.05, 0) is 46.8 Å². The van der Waals surface area contributed by atoms with Crippen LogP contribution in [0.25, 0.3) is 0 Å². The summed E-state index contributed by atoms with van der Waals surface area (Å²) in [5.74, 6) is 0.884. The van der Waals surface area contributed by atoms with Gasteiger partial charge in [-0.2, -0.15) is 8.42 Å². The lowest BCUT2D eigenvalue weighted by Crippen LogP contribution is -2.28. The summed E-state index contributed by atoms with van der Waals surface area (Å²) < 4.78 is 31.5. The quantitative estimate of drug-likeness (QED) is 0.763. The third-order valence-electron chi connectivity index (χ3n) is 4.92. The second kappa shape index (κ2) is 6.32. The molecule has 0 amide bonds. The fourth-order valence-corrected chi connectivity index (χ4v) is 3.04. The monoisotopic (exact) mass is 326 g/mol. The fraction of sp³-hybridized carbons (Fsp3) is 0.667. The molecule has 0 saturated heterocycles. The lowest BCUT2D eigenvalue weighted by Gasteiger charge is -2.39. The van der Waals surface area contributed by atoms with Crippen molar-refractivity contribution in [2.24, 2.45) is 16.7 Å². The van der Waals surface area contributed by atoms with Gasteiger partial charge in [-0.1, -0.05) is 60.6 Å². The molecule has 1 rings (SSSR count). The molecule has 0 saturated carbocycles. The SMILES string of the molecule is CC(C)C(C)(C)CC(c1ccc(S(=O)(=O)O)cc1)C(C)(C)C. The third-order valence-corrected chi connectivity index (χ3v) is 5.79. The van der Waals surface area contributed by atoms with Gasteiger partial charge >= 0.3 is 0 Å². The second-order valence-electron chi connectivity index (χ2n) is 8.31. The highest BCUT2D eigenvalue weighted by atomic mass is 32.2. The molecule has 22 heavy (non-hydrogen) atoms. The molecule has 0 heterocycles. The molecule has 0 aliphatic carbocycles. The van der Waals surface area contributed by atoms with E-state index >= 15 is 0 Å². The highest BCUT2D eigenvalue weighted by Gasteiger charge is 2.34. The van der Waals surface area contributed by atoms with Crippen molar-refractivity contribution in [1.29, 1.82) is 0 Å². The van der Waals surface area contributed by atoms with Crippen molar-refractivity contribution >= 4 is 10.1 Å². The first-order valence-corrected chi connectivity index (χ1v) is 9.26. The molecule has 3 nitrogen and oxygen atoms in total. The van der Waals surface area contributed by atoms with Crippen molar-refractivity contribution < 1.29 is 13.0 Å². The minimum Gasteiger partial charge on any atom is -0.282 e. The van der Waals surface area contributed by atoms with Crippen molar-refractivity contribution in [2.75, 3.05) is 0 Å². The van der Waals surface area contributed by atoms with Gasteiger partial charge in [0.15, 0.2) is 0 Å². The standard InChI is InChI=1S/C18H30O3S/c1-13(2)18(6,7)12-16(17(3,4)5)14-8-10-15(11-9-14)22(19,20)21/h8-11,13,16H,12H2,1-7H3,(H,19,20,21). The van der Waals surface area contributed by atoms with Gasteiger partial charge in [-0.25, -0.2) is 0 Å². The lowest BCUT2D eigenvalue weighted by molar-refractivity contribution is 0.163. The van der Waals surface area contributed by atoms with Crippen LogP contribution >= 0.6 is 0 Å². The normalized spacial score (nSPS) is 15.1. The second-order valence-corrected chi connectivity index (χ2v) is 9.73. The van der Waals surface area contributed by atoms with Crippen LogP contribution in [0.5, 0.6) is 0 Å². The summed E-state index contributed by atoms with van der Waals surface area (Å²) in [5, 5.41) is 0. The van der Waals surface area contributed by atoms with E-state index in [-0.39, 0.29) is 15.7 Å². The van der Waals surface area contributed by atoms with Gasteiger partial charge in [0.1, 0.15) is 0 Å². The Hall–Kier alpha value is -0.870. The molecule has 4 heteroatoms. The number of rotatable bonds is 5. The molecule has 0 aliphatic rings. The molecule has 0 bridgehead atoms. The maximum Gasteiger partial charge on any atom is 0.294 e. The van der Waals surface area contributed by atoms with Gasteiger partial charge in [0.05, 0.1) is 4.90 Å². The van der Waals surface area contributed by atoms with Crippen molar-refractivity contribution in [2.45, 2.75) is 65.7 Å². The molecule has 1 N–H and O–H groups in total. The molecule has 0 aliphatic heterocycles. The fourth-order valence-electron chi connectivity index (χ4n) is 2.56. The van der Waals surface area contributed by atoms with E-state index in [1.807, 2.05) is 12.1 Å². The van der Waals surface area contributed by atoms with E-state index in [2.05, 4.69) is 48.5 Å². The first-order chi connectivity index (χ1) is 9.75. The van der Waals surface area contributed by atoms with Crippen molar-refractivity contribution in [3.63, 3.8) is 0 Å². The molecule has 1 aromatic carbocycles. The summed E-state index contributed by atoms with van der Waals surface area (Å²) in [6.07, 6.45) is 1.03. The maximum absolute atomic E-state index is 11.2. The highest BCUT2D eigenvalue weighted by molar-refractivity contribution is 7.85. The molecular weight excluding hydrogens is 296 g/mol. The highest BCUT2D eigenvalue weighted by Crippen LogP contribution is 2.45. The Morgan fingerprint density at radius 2 is 1.45 bits per heavy atom. The third kappa shape index (κ3) is 4.82. The maximum atomic E-state index is 11.2. The first kappa shape index (κ1) is 19.2. The number of hydrogen-bond donors (Lipinski definition) is 1. The predicted octanol–water partition coefficient (Wildman–Crippen LogP) is 5.14. The molecule has 1 unspecified atom stereocenters. The van der Waals surface area contributed by atoms with Crippen LogP contribution in [-0.2, 0) is 10.1 Å². The summed E-state index contributed by atoms with van der Waals surface area (Å²) in [4.78, 5) is -0.0490. The minimum absolute atomic E-state index is 0.0490. The Labute approximate surface area is 135 Å². The van der Waals surface area contributed by atoms with Crippen molar-refractivity contribution in [3.05, 3.63) is 29.8 Å². The van der Waals surface area contributed by atoms with E-state index in [0.717, 1.165) is 12.0 Å². The molecule has 0 spiro atoms. The van der Waals surface area contributed by atoms with Gasteiger partial charge in [0.25, 0.3) is 10.1 Å². The van der Waals surface area contributed by atoms with Crippen LogP contribution < -0.4 is 0 Å². The van der Waals surface area contributed by atoms with Crippen LogP contribution in [0.4, 0.5) is 0 Å². The van der Waals surface area contributed by atoms with Crippen LogP contribution in [0.1, 0.15) is 66.4 Å². The summed E-state index contributed by atoms with van der Waals surface area (Å²) in [7, 11) is -4.13. The van der Waals surface area contributed by atoms with Crippen molar-refractivity contribution in [3.8, 4) is 0 Å². The van der Waals surface area contributed by atoms with Gasteiger partial charge < -0.3 is 0 Å². The van der Waals surface area contributed by atoms with E-state index < -0.39 is 10.1 Å². The Morgan fingerprint density at radius 3 is 1.77 bits per heavy atom. The van der Waals surface area contributed by atoms with Crippen LogP contribution in [0.3, 0.4) is 0 Å². The number of benzene rings is 1. The number of hydrogen-bond acceptors (Lipinski definition) is 2. The topological polar surface area (TPSA) is 54.4 Å². The zero-order chi connectivity index (χ0) is 17.3.